The molecule has 0 saturated carbocycles. The van der Waals surface area contributed by atoms with Crippen LogP contribution in [-0.4, -0.2) is 15.8 Å². The topological polar surface area (TPSA) is 109 Å². The van der Waals surface area contributed by atoms with Gasteiger partial charge in [0.15, 0.2) is 0 Å². The molecule has 1 N–H and O–H groups in total. The van der Waals surface area contributed by atoms with Gasteiger partial charge in [0.25, 0.3) is 5.69 Å². The van der Waals surface area contributed by atoms with E-state index in [4.69, 9.17) is 0 Å². The number of carbonyl (C=O) groups excluding carboxylic acids is 1. The zero-order chi connectivity index (χ0) is 25.8. The molecule has 2 aromatic carbocycles. The first kappa shape index (κ1) is 26.8. The van der Waals surface area contributed by atoms with Gasteiger partial charge in [-0.05, 0) is 30.5 Å². The summed E-state index contributed by atoms with van der Waals surface area (Å²) in [4.78, 5) is 28.7. The molecule has 0 aliphatic rings. The van der Waals surface area contributed by atoms with Gasteiger partial charge in [0.2, 0.25) is 5.91 Å². The molecule has 0 spiro atoms. The first-order valence-electron chi connectivity index (χ1n) is 12.8. The highest BCUT2D eigenvalue weighted by Crippen LogP contribution is 2.33. The van der Waals surface area contributed by atoms with E-state index in [0.717, 1.165) is 31.1 Å². The van der Waals surface area contributed by atoms with E-state index in [-0.39, 0.29) is 18.0 Å². The number of pyridine rings is 1. The quantitative estimate of drug-likeness (QED) is 0.145. The van der Waals surface area contributed by atoms with Crippen molar-refractivity contribution in [2.45, 2.75) is 71.1 Å². The summed E-state index contributed by atoms with van der Waals surface area (Å²) in [6.07, 6.45) is 11.2. The van der Waals surface area contributed by atoms with Gasteiger partial charge in [-0.25, -0.2) is 0 Å². The van der Waals surface area contributed by atoms with E-state index in [1.54, 1.807) is 24.4 Å². The van der Waals surface area contributed by atoms with Crippen LogP contribution in [-0.2, 0) is 11.2 Å². The lowest BCUT2D eigenvalue weighted by Crippen LogP contribution is -2.37. The summed E-state index contributed by atoms with van der Waals surface area (Å²) >= 11 is 0. The summed E-state index contributed by atoms with van der Waals surface area (Å²) in [7, 11) is 0. The Morgan fingerprint density at radius 2 is 1.67 bits per heavy atom. The summed E-state index contributed by atoms with van der Waals surface area (Å²) in [5.74, 6) is -0.371. The van der Waals surface area contributed by atoms with Crippen LogP contribution >= 0.6 is 0 Å². The van der Waals surface area contributed by atoms with Crippen LogP contribution in [0.5, 0.6) is 0 Å². The summed E-state index contributed by atoms with van der Waals surface area (Å²) in [5, 5.41) is 25.2. The largest absolute Gasteiger partial charge is 0.323 e. The molecule has 0 fully saturated rings. The number of unbranched alkanes of at least 4 members (excludes halogenated alkanes) is 7. The van der Waals surface area contributed by atoms with Crippen molar-refractivity contribution in [3.8, 4) is 6.07 Å². The fourth-order valence-corrected chi connectivity index (χ4v) is 4.52. The lowest BCUT2D eigenvalue weighted by molar-refractivity contribution is -0.384. The number of fused-ring (bicyclic) bond motifs is 1. The smallest absolute Gasteiger partial charge is 0.269 e. The Kier molecular flexibility index (Phi) is 9.93. The lowest BCUT2D eigenvalue weighted by Gasteiger charge is -2.26. The zero-order valence-corrected chi connectivity index (χ0v) is 20.9. The molecule has 3 rings (SSSR count). The van der Waals surface area contributed by atoms with Gasteiger partial charge in [0, 0.05) is 23.7 Å². The number of non-ortho nitro benzene ring substituents is 1. The van der Waals surface area contributed by atoms with Crippen LogP contribution < -0.4 is 5.32 Å². The van der Waals surface area contributed by atoms with Crippen molar-refractivity contribution in [2.24, 2.45) is 5.41 Å². The van der Waals surface area contributed by atoms with Crippen LogP contribution in [0.2, 0.25) is 0 Å². The summed E-state index contributed by atoms with van der Waals surface area (Å²) in [6.45, 7) is 2.20. The zero-order valence-electron chi connectivity index (χ0n) is 20.9. The Bertz CT molecular complexity index is 1200. The molecule has 0 aliphatic carbocycles. The molecule has 0 saturated heterocycles. The number of aromatic nitrogens is 1. The third-order valence-electron chi connectivity index (χ3n) is 6.64. The molecule has 1 heterocycles. The monoisotopic (exact) mass is 486 g/mol. The van der Waals surface area contributed by atoms with Crippen molar-refractivity contribution in [3.05, 3.63) is 76.5 Å². The molecule has 3 aromatic rings. The summed E-state index contributed by atoms with van der Waals surface area (Å²) in [5.41, 5.74) is 0.637. The second kappa shape index (κ2) is 13.3. The third kappa shape index (κ3) is 7.11. The number of nitriles is 1. The number of nitrogens with zero attached hydrogens (tertiary/aromatic N) is 3. The molecular formula is C29H34N4O3. The average Bonchev–Trinajstić information content (AvgIpc) is 2.90. The van der Waals surface area contributed by atoms with Crippen LogP contribution in [0.1, 0.15) is 70.3 Å². The number of benzene rings is 2. The number of nitrogens with one attached hydrogen (secondary N) is 1. The number of nitro groups is 1. The summed E-state index contributed by atoms with van der Waals surface area (Å²) in [6, 6.07) is 17.7. The molecular weight excluding hydrogens is 452 g/mol. The van der Waals surface area contributed by atoms with Crippen LogP contribution in [0.3, 0.4) is 0 Å². The van der Waals surface area contributed by atoms with Gasteiger partial charge < -0.3 is 5.32 Å². The number of hydrogen-bond acceptors (Lipinski definition) is 5. The van der Waals surface area contributed by atoms with E-state index in [2.05, 4.69) is 23.3 Å². The average molecular weight is 487 g/mol. The van der Waals surface area contributed by atoms with Gasteiger partial charge in [-0.2, -0.15) is 5.26 Å². The van der Waals surface area contributed by atoms with Crippen molar-refractivity contribution < 1.29 is 9.72 Å². The Morgan fingerprint density at radius 3 is 2.33 bits per heavy atom. The SMILES string of the molecule is CCCCCCCCCCC(C#N)(Cc1ccc([N+](=O)[O-])cc1)C(=O)Nc1cccc2cccnc12. The summed E-state index contributed by atoms with van der Waals surface area (Å²) < 4.78 is 0. The Balaban J connectivity index is 1.77. The van der Waals surface area contributed by atoms with Gasteiger partial charge in [-0.15, -0.1) is 0 Å². The highest BCUT2D eigenvalue weighted by atomic mass is 16.6. The van der Waals surface area contributed by atoms with Gasteiger partial charge in [-0.1, -0.05) is 88.6 Å². The van der Waals surface area contributed by atoms with E-state index >= 15 is 0 Å². The van der Waals surface area contributed by atoms with Crippen molar-refractivity contribution in [3.63, 3.8) is 0 Å². The normalized spacial score (nSPS) is 12.6. The first-order chi connectivity index (χ1) is 17.5. The van der Waals surface area contributed by atoms with Crippen molar-refractivity contribution >= 4 is 28.2 Å². The first-order valence-corrected chi connectivity index (χ1v) is 12.8. The number of amides is 1. The van der Waals surface area contributed by atoms with Gasteiger partial charge >= 0.3 is 0 Å². The predicted octanol–water partition coefficient (Wildman–Crippen LogP) is 7.36. The molecule has 188 valence electrons. The minimum absolute atomic E-state index is 0.0179. The Morgan fingerprint density at radius 1 is 1.00 bits per heavy atom. The molecule has 1 unspecified atom stereocenters. The maximum Gasteiger partial charge on any atom is 0.269 e. The fourth-order valence-electron chi connectivity index (χ4n) is 4.52. The lowest BCUT2D eigenvalue weighted by atomic mass is 9.77. The van der Waals surface area contributed by atoms with Crippen LogP contribution in [0.4, 0.5) is 11.4 Å². The number of hydrogen-bond donors (Lipinski definition) is 1. The molecule has 1 atom stereocenters. The van der Waals surface area contributed by atoms with Gasteiger partial charge in [-0.3, -0.25) is 19.9 Å². The standard InChI is InChI=1S/C29H34N4O3/c1-2-3-4-5-6-7-8-9-19-29(22-30,21-23-15-17-25(18-16-23)33(35)36)28(34)32-26-14-10-12-24-13-11-20-31-27(24)26/h10-18,20H,2-9,19,21H2,1H3,(H,32,34). The molecule has 1 aromatic heterocycles. The highest BCUT2D eigenvalue weighted by molar-refractivity contribution is 6.03. The van der Waals surface area contributed by atoms with E-state index in [9.17, 15) is 20.2 Å². The second-order valence-electron chi connectivity index (χ2n) is 9.35. The van der Waals surface area contributed by atoms with Gasteiger partial charge in [0.1, 0.15) is 5.41 Å². The Hall–Kier alpha value is -3.79. The molecule has 7 nitrogen and oxygen atoms in total. The number of carbonyl (C=O) groups is 1. The van der Waals surface area contributed by atoms with Crippen LogP contribution in [0.25, 0.3) is 10.9 Å². The maximum absolute atomic E-state index is 13.7. The van der Waals surface area contributed by atoms with E-state index in [0.29, 0.717) is 23.2 Å². The number of nitro benzene ring substituents is 1. The molecule has 7 heteroatoms. The van der Waals surface area contributed by atoms with Crippen molar-refractivity contribution in [1.82, 2.24) is 4.98 Å². The van der Waals surface area contributed by atoms with Gasteiger partial charge in [0.05, 0.1) is 22.2 Å². The van der Waals surface area contributed by atoms with Crippen molar-refractivity contribution in [1.29, 1.82) is 5.26 Å². The van der Waals surface area contributed by atoms with E-state index in [1.165, 1.54) is 37.8 Å². The van der Waals surface area contributed by atoms with Crippen LogP contribution in [0.15, 0.2) is 60.8 Å². The molecule has 0 aliphatic heterocycles. The number of para-hydroxylation sites is 1. The molecule has 0 radical (unpaired) electrons. The van der Waals surface area contributed by atoms with Crippen LogP contribution in [0, 0.1) is 26.9 Å². The van der Waals surface area contributed by atoms with E-state index < -0.39 is 10.3 Å². The molecule has 0 bridgehead atoms. The second-order valence-corrected chi connectivity index (χ2v) is 9.35. The Labute approximate surface area is 212 Å². The number of rotatable bonds is 14. The molecule has 36 heavy (non-hydrogen) atoms. The number of anilines is 1. The molecule has 1 amide bonds. The highest BCUT2D eigenvalue weighted by Gasteiger charge is 2.39. The minimum Gasteiger partial charge on any atom is -0.323 e. The third-order valence-corrected chi connectivity index (χ3v) is 6.64. The minimum atomic E-state index is -1.30. The predicted molar refractivity (Wildman–Crippen MR) is 142 cm³/mol. The van der Waals surface area contributed by atoms with Crippen molar-refractivity contribution in [2.75, 3.05) is 5.32 Å². The maximum atomic E-state index is 13.7. The fraction of sp³-hybridized carbons (Fsp3) is 0.414. The van der Waals surface area contributed by atoms with E-state index in [1.807, 2.05) is 24.3 Å².